The molecule has 0 spiro atoms. The van der Waals surface area contributed by atoms with Crippen LogP contribution >= 0.6 is 0 Å². The number of amides is 1. The third kappa shape index (κ3) is 5.68. The maximum atomic E-state index is 10.9. The molecule has 0 saturated heterocycles. The van der Waals surface area contributed by atoms with Gasteiger partial charge in [0.1, 0.15) is 0 Å². The maximum Gasteiger partial charge on any atom is 0.306 e. The van der Waals surface area contributed by atoms with Crippen LogP contribution in [0, 0.1) is 5.92 Å². The third-order valence-electron chi connectivity index (χ3n) is 3.19. The average Bonchev–Trinajstić information content (AvgIpc) is 2.80. The summed E-state index contributed by atoms with van der Waals surface area (Å²) in [6, 6.07) is 0. The summed E-state index contributed by atoms with van der Waals surface area (Å²) in [7, 11) is 0. The molecule has 0 aromatic heterocycles. The van der Waals surface area contributed by atoms with E-state index in [-0.39, 0.29) is 0 Å². The van der Waals surface area contributed by atoms with E-state index in [1.54, 1.807) is 0 Å². The summed E-state index contributed by atoms with van der Waals surface area (Å²) in [5.74, 6) is -1.24. The minimum atomic E-state index is -0.812. The Hall–Kier alpha value is -1.10. The predicted octanol–water partition coefficient (Wildman–Crippen LogP) is 1.17. The van der Waals surface area contributed by atoms with E-state index in [9.17, 15) is 9.59 Å². The zero-order valence-corrected chi connectivity index (χ0v) is 10.1. The first-order valence-corrected chi connectivity index (χ1v) is 6.25. The van der Waals surface area contributed by atoms with E-state index in [1.165, 1.54) is 12.8 Å². The summed E-state index contributed by atoms with van der Waals surface area (Å²) in [5, 5.41) is 11.5. The van der Waals surface area contributed by atoms with Crippen molar-refractivity contribution in [3.05, 3.63) is 0 Å². The van der Waals surface area contributed by atoms with Crippen molar-refractivity contribution < 1.29 is 19.4 Å². The van der Waals surface area contributed by atoms with E-state index in [1.807, 2.05) is 0 Å². The van der Waals surface area contributed by atoms with Crippen molar-refractivity contribution in [2.24, 2.45) is 5.92 Å². The molecule has 5 nitrogen and oxygen atoms in total. The van der Waals surface area contributed by atoms with Gasteiger partial charge in [-0.15, -0.1) is 0 Å². The largest absolute Gasteiger partial charge is 0.481 e. The second-order valence-corrected chi connectivity index (χ2v) is 4.46. The first kappa shape index (κ1) is 14.0. The van der Waals surface area contributed by atoms with E-state index in [0.29, 0.717) is 38.5 Å². The first-order chi connectivity index (χ1) is 8.24. The van der Waals surface area contributed by atoms with Gasteiger partial charge in [0.05, 0.1) is 12.0 Å². The molecule has 0 aromatic rings. The van der Waals surface area contributed by atoms with E-state index >= 15 is 0 Å². The van der Waals surface area contributed by atoms with Gasteiger partial charge in [-0.05, 0) is 25.7 Å². The summed E-state index contributed by atoms with van der Waals surface area (Å²) in [6.45, 7) is 0.909. The quantitative estimate of drug-likeness (QED) is 0.471. The van der Waals surface area contributed by atoms with Crippen LogP contribution in [-0.4, -0.2) is 36.7 Å². The molecule has 1 atom stereocenters. The lowest BCUT2D eigenvalue weighted by atomic mass is 10.0. The van der Waals surface area contributed by atoms with Gasteiger partial charge in [0.15, 0.2) is 0 Å². The standard InChI is InChI=1S/C12H21NO4/c14-9-13-7-5-10(12(15)16)6-8-17-11-3-1-2-4-11/h9-11H,1-8H2,(H,13,14)(H,15,16). The number of aliphatic carboxylic acids is 1. The number of carboxylic acid groups (broad SMARTS) is 1. The highest BCUT2D eigenvalue weighted by Crippen LogP contribution is 2.21. The van der Waals surface area contributed by atoms with Crippen molar-refractivity contribution in [1.82, 2.24) is 5.32 Å². The molecule has 0 bridgehead atoms. The van der Waals surface area contributed by atoms with Crippen LogP contribution in [0.15, 0.2) is 0 Å². The predicted molar refractivity (Wildman–Crippen MR) is 62.6 cm³/mol. The topological polar surface area (TPSA) is 75.6 Å². The van der Waals surface area contributed by atoms with Gasteiger partial charge in [-0.1, -0.05) is 12.8 Å². The lowest BCUT2D eigenvalue weighted by Gasteiger charge is -2.15. The Balaban J connectivity index is 2.14. The SMILES string of the molecule is O=CNCCC(CCOC1CCCC1)C(=O)O. The molecule has 1 rings (SSSR count). The van der Waals surface area contributed by atoms with Crippen molar-refractivity contribution in [2.75, 3.05) is 13.2 Å². The summed E-state index contributed by atoms with van der Waals surface area (Å²) < 4.78 is 5.64. The van der Waals surface area contributed by atoms with Crippen LogP contribution in [0.3, 0.4) is 0 Å². The molecule has 0 radical (unpaired) electrons. The zero-order valence-electron chi connectivity index (χ0n) is 10.1. The number of ether oxygens (including phenoxy) is 1. The zero-order chi connectivity index (χ0) is 12.5. The molecule has 0 aliphatic heterocycles. The molecule has 5 heteroatoms. The third-order valence-corrected chi connectivity index (χ3v) is 3.19. The average molecular weight is 243 g/mol. The number of carboxylic acids is 1. The second kappa shape index (κ2) is 8.06. The molecule has 1 aliphatic rings. The molecular formula is C12H21NO4. The Labute approximate surface area is 102 Å². The number of hydrogen-bond donors (Lipinski definition) is 2. The Bertz CT molecular complexity index is 239. The van der Waals surface area contributed by atoms with Crippen LogP contribution in [0.5, 0.6) is 0 Å². The van der Waals surface area contributed by atoms with Gasteiger partial charge in [0.25, 0.3) is 0 Å². The summed E-state index contributed by atoms with van der Waals surface area (Å²) in [4.78, 5) is 21.0. The molecule has 1 aliphatic carbocycles. The monoisotopic (exact) mass is 243 g/mol. The number of carbonyl (C=O) groups is 2. The Morgan fingerprint density at radius 3 is 2.71 bits per heavy atom. The number of carbonyl (C=O) groups excluding carboxylic acids is 1. The minimum Gasteiger partial charge on any atom is -0.481 e. The van der Waals surface area contributed by atoms with E-state index in [0.717, 1.165) is 12.8 Å². The number of hydrogen-bond acceptors (Lipinski definition) is 3. The molecular weight excluding hydrogens is 222 g/mol. The van der Waals surface area contributed by atoms with Crippen molar-refractivity contribution in [3.63, 3.8) is 0 Å². The van der Waals surface area contributed by atoms with Crippen molar-refractivity contribution >= 4 is 12.4 Å². The minimum absolute atomic E-state index is 0.331. The van der Waals surface area contributed by atoms with Gasteiger partial charge in [0.2, 0.25) is 6.41 Å². The molecule has 0 heterocycles. The first-order valence-electron chi connectivity index (χ1n) is 6.25. The highest BCUT2D eigenvalue weighted by atomic mass is 16.5. The fourth-order valence-corrected chi connectivity index (χ4v) is 2.14. The fraction of sp³-hybridized carbons (Fsp3) is 0.833. The summed E-state index contributed by atoms with van der Waals surface area (Å²) >= 11 is 0. The fourth-order valence-electron chi connectivity index (χ4n) is 2.14. The Morgan fingerprint density at radius 2 is 2.12 bits per heavy atom. The van der Waals surface area contributed by atoms with Crippen LogP contribution < -0.4 is 5.32 Å². The molecule has 1 amide bonds. The van der Waals surface area contributed by atoms with Gasteiger partial charge >= 0.3 is 5.97 Å². The van der Waals surface area contributed by atoms with Crippen LogP contribution in [-0.2, 0) is 14.3 Å². The highest BCUT2D eigenvalue weighted by Gasteiger charge is 2.19. The van der Waals surface area contributed by atoms with Gasteiger partial charge in [-0.2, -0.15) is 0 Å². The van der Waals surface area contributed by atoms with Crippen LogP contribution in [0.4, 0.5) is 0 Å². The molecule has 2 N–H and O–H groups in total. The normalized spacial score (nSPS) is 17.9. The van der Waals surface area contributed by atoms with Gasteiger partial charge in [-0.3, -0.25) is 9.59 Å². The Morgan fingerprint density at radius 1 is 1.41 bits per heavy atom. The van der Waals surface area contributed by atoms with Crippen molar-refractivity contribution in [2.45, 2.75) is 44.6 Å². The Kier molecular flexibility index (Phi) is 6.62. The summed E-state index contributed by atoms with van der Waals surface area (Å²) in [5.41, 5.74) is 0. The van der Waals surface area contributed by atoms with Gasteiger partial charge in [0, 0.05) is 13.2 Å². The van der Waals surface area contributed by atoms with Crippen molar-refractivity contribution in [1.29, 1.82) is 0 Å². The van der Waals surface area contributed by atoms with Crippen LogP contribution in [0.25, 0.3) is 0 Å². The van der Waals surface area contributed by atoms with Crippen LogP contribution in [0.1, 0.15) is 38.5 Å². The van der Waals surface area contributed by atoms with Crippen LogP contribution in [0.2, 0.25) is 0 Å². The molecule has 1 fully saturated rings. The lowest BCUT2D eigenvalue weighted by Crippen LogP contribution is -2.23. The lowest BCUT2D eigenvalue weighted by molar-refractivity contribution is -0.143. The van der Waals surface area contributed by atoms with Gasteiger partial charge in [-0.25, -0.2) is 0 Å². The molecule has 17 heavy (non-hydrogen) atoms. The number of nitrogens with one attached hydrogen (secondary N) is 1. The smallest absolute Gasteiger partial charge is 0.306 e. The van der Waals surface area contributed by atoms with Crippen molar-refractivity contribution in [3.8, 4) is 0 Å². The molecule has 1 unspecified atom stereocenters. The number of rotatable bonds is 9. The summed E-state index contributed by atoms with van der Waals surface area (Å²) in [6.07, 6.45) is 6.54. The van der Waals surface area contributed by atoms with E-state index in [4.69, 9.17) is 9.84 Å². The van der Waals surface area contributed by atoms with E-state index in [2.05, 4.69) is 5.32 Å². The molecule has 1 saturated carbocycles. The van der Waals surface area contributed by atoms with Gasteiger partial charge < -0.3 is 15.2 Å². The molecule has 98 valence electrons. The maximum absolute atomic E-state index is 10.9. The second-order valence-electron chi connectivity index (χ2n) is 4.46. The van der Waals surface area contributed by atoms with E-state index < -0.39 is 11.9 Å². The molecule has 0 aromatic carbocycles. The highest BCUT2D eigenvalue weighted by molar-refractivity contribution is 5.69.